The first-order valence-electron chi connectivity index (χ1n) is 8.39. The van der Waals surface area contributed by atoms with Gasteiger partial charge in [-0.2, -0.15) is 0 Å². The third-order valence-corrected chi connectivity index (χ3v) is 3.64. The van der Waals surface area contributed by atoms with Crippen LogP contribution >= 0.6 is 0 Å². The van der Waals surface area contributed by atoms with Gasteiger partial charge in [0.15, 0.2) is 6.61 Å². The van der Waals surface area contributed by atoms with Crippen molar-refractivity contribution in [1.29, 1.82) is 0 Å². The van der Waals surface area contributed by atoms with Crippen molar-refractivity contribution in [2.24, 2.45) is 4.99 Å². The van der Waals surface area contributed by atoms with Crippen molar-refractivity contribution in [3.8, 4) is 17.2 Å². The summed E-state index contributed by atoms with van der Waals surface area (Å²) in [4.78, 5) is 15.5. The van der Waals surface area contributed by atoms with Gasteiger partial charge in [0.2, 0.25) is 0 Å². The standard InChI is InChI=1S/C22H19NO4/c1-25-22(24)16-26-19-11-7-17(8-12-19)15-23-18-9-13-21(14-10-18)27-20-5-3-2-4-6-20/h2-15H,16H2,1H3. The number of carbonyl (C=O) groups is 1. The number of esters is 1. The van der Waals surface area contributed by atoms with Gasteiger partial charge in [-0.15, -0.1) is 0 Å². The maximum atomic E-state index is 11.1. The number of hydrogen-bond donors (Lipinski definition) is 0. The van der Waals surface area contributed by atoms with Crippen LogP contribution in [-0.2, 0) is 9.53 Å². The van der Waals surface area contributed by atoms with Gasteiger partial charge in [-0.3, -0.25) is 4.99 Å². The van der Waals surface area contributed by atoms with Crippen LogP contribution in [0.1, 0.15) is 5.56 Å². The quantitative estimate of drug-likeness (QED) is 0.449. The number of carbonyl (C=O) groups excluding carboxylic acids is 1. The summed E-state index contributed by atoms with van der Waals surface area (Å²) in [6.45, 7) is -0.110. The Balaban J connectivity index is 1.56. The van der Waals surface area contributed by atoms with Crippen LogP contribution in [-0.4, -0.2) is 25.9 Å². The number of nitrogens with zero attached hydrogens (tertiary/aromatic N) is 1. The highest BCUT2D eigenvalue weighted by Crippen LogP contribution is 2.23. The summed E-state index contributed by atoms with van der Waals surface area (Å²) in [6, 6.07) is 24.4. The molecule has 0 bridgehead atoms. The molecule has 0 atom stereocenters. The molecular formula is C22H19NO4. The number of para-hydroxylation sites is 1. The maximum Gasteiger partial charge on any atom is 0.343 e. The van der Waals surface area contributed by atoms with Gasteiger partial charge >= 0.3 is 5.97 Å². The average molecular weight is 361 g/mol. The number of ether oxygens (including phenoxy) is 3. The van der Waals surface area contributed by atoms with Crippen molar-refractivity contribution in [2.45, 2.75) is 0 Å². The number of hydrogen-bond acceptors (Lipinski definition) is 5. The lowest BCUT2D eigenvalue weighted by Crippen LogP contribution is -2.12. The molecule has 0 radical (unpaired) electrons. The Morgan fingerprint density at radius 2 is 1.48 bits per heavy atom. The first kappa shape index (κ1) is 18.2. The Morgan fingerprint density at radius 1 is 0.852 bits per heavy atom. The Kier molecular flexibility index (Phi) is 6.20. The molecule has 0 fully saturated rings. The first-order valence-corrected chi connectivity index (χ1v) is 8.39. The number of methoxy groups -OCH3 is 1. The number of aliphatic imine (C=N–C) groups is 1. The fourth-order valence-corrected chi connectivity index (χ4v) is 2.23. The van der Waals surface area contributed by atoms with Crippen LogP contribution in [0.15, 0.2) is 83.9 Å². The second kappa shape index (κ2) is 9.20. The molecule has 136 valence electrons. The zero-order valence-corrected chi connectivity index (χ0v) is 14.9. The number of benzene rings is 3. The van der Waals surface area contributed by atoms with Crippen molar-refractivity contribution >= 4 is 17.9 Å². The highest BCUT2D eigenvalue weighted by atomic mass is 16.6. The summed E-state index contributed by atoms with van der Waals surface area (Å²) >= 11 is 0. The van der Waals surface area contributed by atoms with Gasteiger partial charge < -0.3 is 14.2 Å². The topological polar surface area (TPSA) is 57.1 Å². The van der Waals surface area contributed by atoms with Gasteiger partial charge in [-0.1, -0.05) is 18.2 Å². The molecule has 3 rings (SSSR count). The van der Waals surface area contributed by atoms with E-state index < -0.39 is 5.97 Å². The van der Waals surface area contributed by atoms with E-state index in [1.54, 1.807) is 18.3 Å². The van der Waals surface area contributed by atoms with E-state index in [4.69, 9.17) is 9.47 Å². The predicted molar refractivity (Wildman–Crippen MR) is 104 cm³/mol. The van der Waals surface area contributed by atoms with Crippen LogP contribution in [0.3, 0.4) is 0 Å². The normalized spacial score (nSPS) is 10.6. The lowest BCUT2D eigenvalue weighted by Gasteiger charge is -2.05. The molecule has 0 spiro atoms. The minimum Gasteiger partial charge on any atom is -0.482 e. The Labute approximate surface area is 157 Å². The van der Waals surface area contributed by atoms with Crippen LogP contribution in [0.2, 0.25) is 0 Å². The molecule has 0 saturated heterocycles. The summed E-state index contributed by atoms with van der Waals surface area (Å²) in [5, 5.41) is 0. The lowest BCUT2D eigenvalue weighted by molar-refractivity contribution is -0.142. The fraction of sp³-hybridized carbons (Fsp3) is 0.0909. The van der Waals surface area contributed by atoms with E-state index in [-0.39, 0.29) is 6.61 Å². The van der Waals surface area contributed by atoms with Crippen LogP contribution < -0.4 is 9.47 Å². The molecule has 0 saturated carbocycles. The summed E-state index contributed by atoms with van der Waals surface area (Å²) in [5.74, 6) is 1.73. The van der Waals surface area contributed by atoms with E-state index in [1.807, 2.05) is 66.7 Å². The molecule has 5 heteroatoms. The van der Waals surface area contributed by atoms with E-state index in [9.17, 15) is 4.79 Å². The van der Waals surface area contributed by atoms with Crippen LogP contribution in [0.4, 0.5) is 5.69 Å². The van der Waals surface area contributed by atoms with Crippen LogP contribution in [0.5, 0.6) is 17.2 Å². The highest BCUT2D eigenvalue weighted by Gasteiger charge is 2.01. The first-order chi connectivity index (χ1) is 13.2. The van der Waals surface area contributed by atoms with Gasteiger partial charge in [-0.25, -0.2) is 4.79 Å². The average Bonchev–Trinajstić information content (AvgIpc) is 2.73. The largest absolute Gasteiger partial charge is 0.482 e. The lowest BCUT2D eigenvalue weighted by atomic mass is 10.2. The van der Waals surface area contributed by atoms with E-state index in [2.05, 4.69) is 9.73 Å². The van der Waals surface area contributed by atoms with Crippen molar-refractivity contribution in [2.75, 3.05) is 13.7 Å². The predicted octanol–water partition coefficient (Wildman–Crippen LogP) is 4.78. The Morgan fingerprint density at radius 3 is 2.15 bits per heavy atom. The van der Waals surface area contributed by atoms with E-state index in [1.165, 1.54) is 7.11 Å². The molecule has 5 nitrogen and oxygen atoms in total. The summed E-state index contributed by atoms with van der Waals surface area (Å²) in [7, 11) is 1.32. The molecule has 0 N–H and O–H groups in total. The second-order valence-electron chi connectivity index (χ2n) is 5.60. The summed E-state index contributed by atoms with van der Waals surface area (Å²) in [5.41, 5.74) is 1.74. The minimum atomic E-state index is -0.416. The van der Waals surface area contributed by atoms with Gasteiger partial charge in [0.1, 0.15) is 17.2 Å². The third-order valence-electron chi connectivity index (χ3n) is 3.64. The zero-order chi connectivity index (χ0) is 18.9. The molecule has 3 aromatic carbocycles. The molecule has 27 heavy (non-hydrogen) atoms. The molecule has 0 heterocycles. The third kappa shape index (κ3) is 5.71. The molecule has 0 unspecified atom stereocenters. The monoisotopic (exact) mass is 361 g/mol. The zero-order valence-electron chi connectivity index (χ0n) is 14.9. The molecule has 0 aliphatic carbocycles. The van der Waals surface area contributed by atoms with Crippen LogP contribution in [0.25, 0.3) is 0 Å². The molecule has 0 amide bonds. The summed E-state index contributed by atoms with van der Waals surface area (Å²) < 4.78 is 15.6. The van der Waals surface area contributed by atoms with Crippen molar-refractivity contribution < 1.29 is 19.0 Å². The van der Waals surface area contributed by atoms with Gasteiger partial charge in [-0.05, 0) is 66.2 Å². The fourth-order valence-electron chi connectivity index (χ4n) is 2.23. The summed E-state index contributed by atoms with van der Waals surface area (Å²) in [6.07, 6.45) is 1.76. The smallest absolute Gasteiger partial charge is 0.343 e. The van der Waals surface area contributed by atoms with Crippen molar-refractivity contribution in [3.63, 3.8) is 0 Å². The molecule has 0 aliphatic rings. The van der Waals surface area contributed by atoms with Crippen LogP contribution in [0, 0.1) is 0 Å². The second-order valence-corrected chi connectivity index (χ2v) is 5.60. The molecule has 0 aliphatic heterocycles. The van der Waals surface area contributed by atoms with Gasteiger partial charge in [0, 0.05) is 6.21 Å². The molecule has 0 aromatic heterocycles. The van der Waals surface area contributed by atoms with Crippen molar-refractivity contribution in [3.05, 3.63) is 84.4 Å². The number of rotatable bonds is 7. The Hall–Kier alpha value is -3.60. The van der Waals surface area contributed by atoms with Crippen molar-refractivity contribution in [1.82, 2.24) is 0 Å². The maximum absolute atomic E-state index is 11.1. The highest BCUT2D eigenvalue weighted by molar-refractivity contribution is 5.82. The van der Waals surface area contributed by atoms with E-state index in [0.29, 0.717) is 5.75 Å². The SMILES string of the molecule is COC(=O)COc1ccc(C=Nc2ccc(Oc3ccccc3)cc2)cc1. The van der Waals surface area contributed by atoms with Gasteiger partial charge in [0.25, 0.3) is 0 Å². The molecule has 3 aromatic rings. The van der Waals surface area contributed by atoms with E-state index in [0.717, 1.165) is 22.7 Å². The van der Waals surface area contributed by atoms with Gasteiger partial charge in [0.05, 0.1) is 12.8 Å². The van der Waals surface area contributed by atoms with E-state index >= 15 is 0 Å². The minimum absolute atomic E-state index is 0.110. The molecular weight excluding hydrogens is 342 g/mol. The Bertz CT molecular complexity index is 888.